The molecule has 3 rings (SSSR count). The number of Topliss-reactive ketones (excluding diaryl/α,β-unsaturated/α-hetero) is 1. The molecule has 0 bridgehead atoms. The largest absolute Gasteiger partial charge is 0.502 e. The average molecular weight is 443 g/mol. The summed E-state index contributed by atoms with van der Waals surface area (Å²) in [5, 5.41) is 24.6. The monoisotopic (exact) mass is 442 g/mol. The summed E-state index contributed by atoms with van der Waals surface area (Å²) in [4.78, 5) is 37.1. The molecule has 8 nitrogen and oxygen atoms in total. The maximum atomic E-state index is 13.2. The van der Waals surface area contributed by atoms with Crippen LogP contribution in [0.1, 0.15) is 71.3 Å². The van der Waals surface area contributed by atoms with Gasteiger partial charge in [-0.3, -0.25) is 14.9 Å². The molecule has 0 saturated carbocycles. The number of phenols is 1. The van der Waals surface area contributed by atoms with E-state index in [2.05, 4.69) is 12.2 Å². The van der Waals surface area contributed by atoms with Gasteiger partial charge in [-0.05, 0) is 36.8 Å². The second-order valence-electron chi connectivity index (χ2n) is 9.28. The summed E-state index contributed by atoms with van der Waals surface area (Å²) in [6.45, 7) is 8.08. The minimum absolute atomic E-state index is 0.103. The molecular weight excluding hydrogens is 412 g/mol. The summed E-state index contributed by atoms with van der Waals surface area (Å²) in [5.41, 5.74) is 1.69. The van der Waals surface area contributed by atoms with Crippen LogP contribution in [-0.4, -0.2) is 28.4 Å². The van der Waals surface area contributed by atoms with Gasteiger partial charge in [0, 0.05) is 35.4 Å². The first-order valence-corrected chi connectivity index (χ1v) is 10.9. The third-order valence-electron chi connectivity index (χ3n) is 5.97. The van der Waals surface area contributed by atoms with Crippen LogP contribution in [-0.2, 0) is 14.3 Å². The summed E-state index contributed by atoms with van der Waals surface area (Å²) < 4.78 is 5.51. The van der Waals surface area contributed by atoms with Gasteiger partial charge < -0.3 is 15.2 Å². The lowest BCUT2D eigenvalue weighted by Gasteiger charge is -2.39. The Hall–Kier alpha value is -3.16. The van der Waals surface area contributed by atoms with E-state index in [4.69, 9.17) is 4.74 Å². The molecule has 0 spiro atoms. The van der Waals surface area contributed by atoms with Crippen molar-refractivity contribution in [2.75, 3.05) is 6.61 Å². The van der Waals surface area contributed by atoms with Crippen LogP contribution >= 0.6 is 0 Å². The van der Waals surface area contributed by atoms with Crippen molar-refractivity contribution < 1.29 is 24.4 Å². The van der Waals surface area contributed by atoms with Crippen molar-refractivity contribution in [2.45, 2.75) is 65.7 Å². The predicted molar refractivity (Wildman–Crippen MR) is 119 cm³/mol. The van der Waals surface area contributed by atoms with Gasteiger partial charge in [0.2, 0.25) is 0 Å². The van der Waals surface area contributed by atoms with Gasteiger partial charge in [-0.2, -0.15) is 0 Å². The molecule has 0 saturated heterocycles. The molecular formula is C24H30N2O6. The zero-order valence-corrected chi connectivity index (χ0v) is 19.0. The summed E-state index contributed by atoms with van der Waals surface area (Å²) in [7, 11) is 0. The molecule has 1 aliphatic heterocycles. The second kappa shape index (κ2) is 9.14. The van der Waals surface area contributed by atoms with Crippen molar-refractivity contribution in [1.29, 1.82) is 0 Å². The number of ketones is 1. The smallest absolute Gasteiger partial charge is 0.336 e. The van der Waals surface area contributed by atoms with Crippen LogP contribution < -0.4 is 5.32 Å². The van der Waals surface area contributed by atoms with Crippen molar-refractivity contribution in [3.05, 3.63) is 56.4 Å². The number of dihydropyridines is 1. The highest BCUT2D eigenvalue weighted by molar-refractivity contribution is 6.04. The minimum Gasteiger partial charge on any atom is -0.502 e. The fourth-order valence-electron chi connectivity index (χ4n) is 4.50. The summed E-state index contributed by atoms with van der Waals surface area (Å²) >= 11 is 0. The molecule has 32 heavy (non-hydrogen) atoms. The second-order valence-corrected chi connectivity index (χ2v) is 9.28. The Labute approximate surface area is 187 Å². The van der Waals surface area contributed by atoms with Crippen LogP contribution in [0.3, 0.4) is 0 Å². The van der Waals surface area contributed by atoms with Crippen molar-refractivity contribution in [3.63, 3.8) is 0 Å². The molecule has 1 aromatic rings. The van der Waals surface area contributed by atoms with E-state index >= 15 is 0 Å². The molecule has 0 radical (unpaired) electrons. The Morgan fingerprint density at radius 2 is 2.03 bits per heavy atom. The number of carbonyl (C=O) groups excluding carboxylic acids is 2. The van der Waals surface area contributed by atoms with Gasteiger partial charge in [0.1, 0.15) is 0 Å². The number of phenolic OH excluding ortho intramolecular Hbond substituents is 1. The van der Waals surface area contributed by atoms with Gasteiger partial charge in [-0.1, -0.05) is 39.7 Å². The number of hydrogen-bond acceptors (Lipinski definition) is 7. The van der Waals surface area contributed by atoms with Gasteiger partial charge >= 0.3 is 11.7 Å². The number of nitrogens with zero attached hydrogens (tertiary/aromatic N) is 1. The number of carbonyl (C=O) groups is 2. The zero-order valence-electron chi connectivity index (χ0n) is 19.0. The Morgan fingerprint density at radius 1 is 1.31 bits per heavy atom. The SMILES string of the molecule is CCCCCOC(=O)C1=C(C)NC2=C(C(=O)CC(C)(C)C2)C1c1ccc(O)c([N+](=O)[O-])c1. The highest BCUT2D eigenvalue weighted by Gasteiger charge is 2.43. The Morgan fingerprint density at radius 3 is 2.69 bits per heavy atom. The van der Waals surface area contributed by atoms with E-state index < -0.39 is 28.2 Å². The van der Waals surface area contributed by atoms with Gasteiger partial charge in [-0.15, -0.1) is 0 Å². The number of ether oxygens (including phenoxy) is 1. The molecule has 2 N–H and O–H groups in total. The molecule has 1 atom stereocenters. The summed E-state index contributed by atoms with van der Waals surface area (Å²) in [5.74, 6) is -1.92. The van der Waals surface area contributed by atoms with E-state index in [0.29, 0.717) is 29.7 Å². The normalized spacial score (nSPS) is 20.0. The Balaban J connectivity index is 2.11. The lowest BCUT2D eigenvalue weighted by molar-refractivity contribution is -0.385. The van der Waals surface area contributed by atoms with Crippen molar-refractivity contribution in [3.8, 4) is 5.75 Å². The van der Waals surface area contributed by atoms with Gasteiger partial charge in [0.15, 0.2) is 11.5 Å². The highest BCUT2D eigenvalue weighted by Crippen LogP contribution is 2.47. The van der Waals surface area contributed by atoms with Crippen LogP contribution in [0.15, 0.2) is 40.7 Å². The summed E-state index contributed by atoms with van der Waals surface area (Å²) in [6.07, 6.45) is 3.57. The van der Waals surface area contributed by atoms with E-state index in [0.717, 1.165) is 25.0 Å². The highest BCUT2D eigenvalue weighted by atomic mass is 16.6. The van der Waals surface area contributed by atoms with Gasteiger partial charge in [0.25, 0.3) is 0 Å². The summed E-state index contributed by atoms with van der Waals surface area (Å²) in [6, 6.07) is 3.99. The first kappa shape index (κ1) is 23.5. The topological polar surface area (TPSA) is 119 Å². The maximum absolute atomic E-state index is 13.2. The number of aromatic hydroxyl groups is 1. The van der Waals surface area contributed by atoms with Gasteiger partial charge in [-0.25, -0.2) is 4.79 Å². The average Bonchev–Trinajstić information content (AvgIpc) is 2.69. The number of rotatable bonds is 7. The van der Waals surface area contributed by atoms with Crippen molar-refractivity contribution in [1.82, 2.24) is 5.32 Å². The first-order valence-electron chi connectivity index (χ1n) is 10.9. The molecule has 172 valence electrons. The molecule has 2 aliphatic rings. The molecule has 8 heteroatoms. The number of allylic oxidation sites excluding steroid dienone is 3. The number of benzene rings is 1. The van der Waals surface area contributed by atoms with E-state index in [-0.39, 0.29) is 23.4 Å². The molecule has 0 fully saturated rings. The quantitative estimate of drug-likeness (QED) is 0.273. The number of nitrogens with one attached hydrogen (secondary N) is 1. The molecule has 1 heterocycles. The van der Waals surface area contributed by atoms with E-state index in [1.54, 1.807) is 6.92 Å². The maximum Gasteiger partial charge on any atom is 0.336 e. The fourth-order valence-corrected chi connectivity index (χ4v) is 4.50. The number of esters is 1. The van der Waals surface area contributed by atoms with Crippen LogP contribution in [0.5, 0.6) is 5.75 Å². The molecule has 1 aromatic carbocycles. The Kier molecular flexibility index (Phi) is 6.71. The fraction of sp³-hybridized carbons (Fsp3) is 0.500. The number of nitro benzene ring substituents is 1. The first-order chi connectivity index (χ1) is 15.1. The van der Waals surface area contributed by atoms with Crippen LogP contribution in [0.2, 0.25) is 0 Å². The lowest BCUT2D eigenvalue weighted by atomic mass is 9.68. The van der Waals surface area contributed by atoms with Crippen LogP contribution in [0.4, 0.5) is 5.69 Å². The van der Waals surface area contributed by atoms with Crippen LogP contribution in [0.25, 0.3) is 0 Å². The third-order valence-corrected chi connectivity index (χ3v) is 5.97. The predicted octanol–water partition coefficient (Wildman–Crippen LogP) is 4.64. The zero-order chi connectivity index (χ0) is 23.6. The molecule has 0 aromatic heterocycles. The Bertz CT molecular complexity index is 1020. The van der Waals surface area contributed by atoms with E-state index in [1.165, 1.54) is 18.2 Å². The van der Waals surface area contributed by atoms with Crippen LogP contribution in [0, 0.1) is 15.5 Å². The molecule has 0 amide bonds. The number of unbranched alkanes of at least 4 members (excludes halogenated alkanes) is 2. The molecule has 1 aliphatic carbocycles. The van der Waals surface area contributed by atoms with Gasteiger partial charge in [0.05, 0.1) is 17.1 Å². The minimum atomic E-state index is -0.798. The van der Waals surface area contributed by atoms with Crippen molar-refractivity contribution in [2.24, 2.45) is 5.41 Å². The molecule has 1 unspecified atom stereocenters. The third kappa shape index (κ3) is 4.69. The lowest BCUT2D eigenvalue weighted by Crippen LogP contribution is -2.38. The van der Waals surface area contributed by atoms with E-state index in [1.807, 2.05) is 13.8 Å². The number of nitro groups is 1. The van der Waals surface area contributed by atoms with E-state index in [9.17, 15) is 24.8 Å². The van der Waals surface area contributed by atoms with Crippen molar-refractivity contribution >= 4 is 17.4 Å². The number of hydrogen-bond donors (Lipinski definition) is 2. The standard InChI is InChI=1S/C24H30N2O6/c1-5-6-7-10-32-23(29)20-14(2)25-16-12-24(3,4)13-19(28)22(16)21(20)15-8-9-18(27)17(11-15)26(30)31/h8-9,11,21,25,27H,5-7,10,12-13H2,1-4H3.